The van der Waals surface area contributed by atoms with Crippen molar-refractivity contribution in [1.29, 1.82) is 0 Å². The number of benzene rings is 1. The maximum absolute atomic E-state index is 12.7. The summed E-state index contributed by atoms with van der Waals surface area (Å²) in [5.41, 5.74) is 1.96. The molecule has 1 fully saturated rings. The van der Waals surface area contributed by atoms with Gasteiger partial charge in [-0.3, -0.25) is 9.48 Å². The van der Waals surface area contributed by atoms with Gasteiger partial charge in [-0.15, -0.1) is 11.3 Å². The molecule has 5 nitrogen and oxygen atoms in total. The molecule has 4 rings (SSSR count). The lowest BCUT2D eigenvalue weighted by Gasteiger charge is -2.29. The Labute approximate surface area is 167 Å². The molecule has 3 aromatic rings. The molecule has 0 radical (unpaired) electrons. The number of hydrogen-bond donors (Lipinski definition) is 1. The quantitative estimate of drug-likeness (QED) is 0.719. The van der Waals surface area contributed by atoms with E-state index in [1.807, 2.05) is 41.9 Å². The molecule has 0 atom stereocenters. The monoisotopic (exact) mass is 402 g/mol. The van der Waals surface area contributed by atoms with Crippen LogP contribution >= 0.6 is 22.9 Å². The topological polar surface area (TPSA) is 50.2 Å². The Morgan fingerprint density at radius 3 is 2.81 bits per heavy atom. The van der Waals surface area contributed by atoms with Crippen LogP contribution in [0.5, 0.6) is 0 Å². The molecule has 1 amide bonds. The number of halogens is 1. The van der Waals surface area contributed by atoms with E-state index >= 15 is 0 Å². The maximum atomic E-state index is 12.7. The Morgan fingerprint density at radius 1 is 1.33 bits per heavy atom. The first kappa shape index (κ1) is 18.5. The molecule has 1 N–H and O–H groups in total. The molecule has 2 aromatic heterocycles. The summed E-state index contributed by atoms with van der Waals surface area (Å²) in [5.74, 6) is 0.0226. The van der Waals surface area contributed by atoms with Crippen molar-refractivity contribution >= 4 is 39.1 Å². The van der Waals surface area contributed by atoms with Crippen molar-refractivity contribution in [3.8, 4) is 0 Å². The van der Waals surface area contributed by atoms with Crippen molar-refractivity contribution in [1.82, 2.24) is 20.0 Å². The highest BCUT2D eigenvalue weighted by molar-refractivity contribution is 7.20. The van der Waals surface area contributed by atoms with Crippen LogP contribution in [0, 0.1) is 6.92 Å². The van der Waals surface area contributed by atoms with E-state index in [1.54, 1.807) is 0 Å². The number of rotatable bonds is 4. The van der Waals surface area contributed by atoms with Crippen molar-refractivity contribution in [3.05, 3.63) is 51.5 Å². The Hall–Kier alpha value is -1.89. The fourth-order valence-corrected chi connectivity index (χ4v) is 4.79. The van der Waals surface area contributed by atoms with E-state index in [9.17, 15) is 4.79 Å². The maximum Gasteiger partial charge on any atom is 0.261 e. The van der Waals surface area contributed by atoms with Crippen LogP contribution in [0.4, 0.5) is 0 Å². The summed E-state index contributed by atoms with van der Waals surface area (Å²) >= 11 is 7.80. The second-order valence-electron chi connectivity index (χ2n) is 7.21. The van der Waals surface area contributed by atoms with Crippen LogP contribution in [-0.2, 0) is 6.54 Å². The third-order valence-corrected chi connectivity index (χ3v) is 6.68. The van der Waals surface area contributed by atoms with Gasteiger partial charge in [0.1, 0.15) is 4.83 Å². The van der Waals surface area contributed by atoms with Gasteiger partial charge >= 0.3 is 0 Å². The van der Waals surface area contributed by atoms with Crippen LogP contribution in [0.1, 0.15) is 33.8 Å². The summed E-state index contributed by atoms with van der Waals surface area (Å²) in [6.07, 6.45) is 2.01. The van der Waals surface area contributed by atoms with Crippen LogP contribution < -0.4 is 5.32 Å². The Kier molecular flexibility index (Phi) is 5.21. The highest BCUT2D eigenvalue weighted by Crippen LogP contribution is 2.30. The second-order valence-corrected chi connectivity index (χ2v) is 8.65. The number of likely N-dealkylation sites (tertiary alicyclic amines) is 1. The molecule has 27 heavy (non-hydrogen) atoms. The normalized spacial score (nSPS) is 16.1. The standard InChI is InChI=1S/C20H23ClN4OS/c1-13-16-11-18(19(26)22-15-7-9-24(2)10-8-15)27-20(16)25(23-13)12-14-5-3-4-6-17(14)21/h3-6,11,15H,7-10,12H2,1-2H3,(H,22,26). The van der Waals surface area contributed by atoms with Gasteiger partial charge in [-0.25, -0.2) is 0 Å². The lowest BCUT2D eigenvalue weighted by Crippen LogP contribution is -2.43. The van der Waals surface area contributed by atoms with Crippen molar-refractivity contribution in [3.63, 3.8) is 0 Å². The van der Waals surface area contributed by atoms with Gasteiger partial charge in [-0.1, -0.05) is 29.8 Å². The number of aromatic nitrogens is 2. The number of piperidine rings is 1. The first-order valence-electron chi connectivity index (χ1n) is 9.21. The molecular weight excluding hydrogens is 380 g/mol. The Morgan fingerprint density at radius 2 is 2.07 bits per heavy atom. The van der Waals surface area contributed by atoms with E-state index < -0.39 is 0 Å². The van der Waals surface area contributed by atoms with Gasteiger partial charge in [0.2, 0.25) is 0 Å². The fraction of sp³-hybridized carbons (Fsp3) is 0.400. The number of aryl methyl sites for hydroxylation is 1. The molecule has 0 bridgehead atoms. The summed E-state index contributed by atoms with van der Waals surface area (Å²) in [6.45, 7) is 4.64. The SMILES string of the molecule is Cc1nn(Cc2ccccc2Cl)c2sc(C(=O)NC3CCN(C)CC3)cc12. The first-order valence-corrected chi connectivity index (χ1v) is 10.4. The van der Waals surface area contributed by atoms with Gasteiger partial charge in [0.25, 0.3) is 5.91 Å². The highest BCUT2D eigenvalue weighted by Gasteiger charge is 2.22. The van der Waals surface area contributed by atoms with Crippen LogP contribution in [0.2, 0.25) is 5.02 Å². The van der Waals surface area contributed by atoms with Crippen molar-refractivity contribution < 1.29 is 4.79 Å². The fourth-order valence-electron chi connectivity index (χ4n) is 3.53. The van der Waals surface area contributed by atoms with Crippen LogP contribution in [-0.4, -0.2) is 46.8 Å². The Bertz CT molecular complexity index is 972. The number of carbonyl (C=O) groups is 1. The molecule has 1 aliphatic rings. The third kappa shape index (κ3) is 3.88. The van der Waals surface area contributed by atoms with Crippen LogP contribution in [0.3, 0.4) is 0 Å². The molecule has 0 aliphatic carbocycles. The van der Waals surface area contributed by atoms with Gasteiger partial charge in [-0.2, -0.15) is 5.10 Å². The van der Waals surface area contributed by atoms with Crippen molar-refractivity contribution in [2.45, 2.75) is 32.4 Å². The molecule has 1 aliphatic heterocycles. The number of nitrogens with zero attached hydrogens (tertiary/aromatic N) is 3. The molecule has 3 heterocycles. The molecule has 7 heteroatoms. The minimum atomic E-state index is 0.0226. The molecular formula is C20H23ClN4OS. The average Bonchev–Trinajstić information content (AvgIpc) is 3.21. The lowest BCUT2D eigenvalue weighted by molar-refractivity contribution is 0.0921. The molecule has 0 spiro atoms. The van der Waals surface area contributed by atoms with Gasteiger partial charge in [-0.05, 0) is 57.6 Å². The van der Waals surface area contributed by atoms with Crippen molar-refractivity contribution in [2.75, 3.05) is 20.1 Å². The minimum Gasteiger partial charge on any atom is -0.349 e. The van der Waals surface area contributed by atoms with E-state index in [1.165, 1.54) is 11.3 Å². The number of amides is 1. The van der Waals surface area contributed by atoms with E-state index in [-0.39, 0.29) is 11.9 Å². The van der Waals surface area contributed by atoms with Gasteiger partial charge in [0, 0.05) is 16.5 Å². The predicted octanol–water partition coefficient (Wildman–Crippen LogP) is 3.93. The Balaban J connectivity index is 1.55. The smallest absolute Gasteiger partial charge is 0.261 e. The molecule has 0 saturated carbocycles. The van der Waals surface area contributed by atoms with E-state index in [4.69, 9.17) is 11.6 Å². The zero-order valence-corrected chi connectivity index (χ0v) is 17.1. The first-order chi connectivity index (χ1) is 13.0. The van der Waals surface area contributed by atoms with Gasteiger partial charge in [0.05, 0.1) is 17.1 Å². The minimum absolute atomic E-state index is 0.0226. The number of hydrogen-bond acceptors (Lipinski definition) is 4. The summed E-state index contributed by atoms with van der Waals surface area (Å²) in [7, 11) is 2.12. The van der Waals surface area contributed by atoms with Crippen molar-refractivity contribution in [2.24, 2.45) is 0 Å². The molecule has 142 valence electrons. The lowest BCUT2D eigenvalue weighted by atomic mass is 10.1. The summed E-state index contributed by atoms with van der Waals surface area (Å²) in [6, 6.07) is 10.0. The van der Waals surface area contributed by atoms with E-state index in [2.05, 4.69) is 22.4 Å². The second kappa shape index (κ2) is 7.62. The third-order valence-electron chi connectivity index (χ3n) is 5.16. The zero-order chi connectivity index (χ0) is 19.0. The zero-order valence-electron chi connectivity index (χ0n) is 15.5. The highest BCUT2D eigenvalue weighted by atomic mass is 35.5. The summed E-state index contributed by atoms with van der Waals surface area (Å²) in [5, 5.41) is 9.61. The molecule has 1 saturated heterocycles. The van der Waals surface area contributed by atoms with Gasteiger partial charge < -0.3 is 10.2 Å². The molecule has 1 aromatic carbocycles. The number of nitrogens with one attached hydrogen (secondary N) is 1. The van der Waals surface area contributed by atoms with Gasteiger partial charge in [0.15, 0.2) is 0 Å². The van der Waals surface area contributed by atoms with Crippen LogP contribution in [0.15, 0.2) is 30.3 Å². The van der Waals surface area contributed by atoms with E-state index in [0.717, 1.165) is 57.3 Å². The number of fused-ring (bicyclic) bond motifs is 1. The summed E-state index contributed by atoms with van der Waals surface area (Å²) < 4.78 is 1.95. The number of thiophene rings is 1. The molecule has 0 unspecified atom stereocenters. The average molecular weight is 403 g/mol. The largest absolute Gasteiger partial charge is 0.349 e. The summed E-state index contributed by atoms with van der Waals surface area (Å²) in [4.78, 5) is 16.8. The predicted molar refractivity (Wildman–Crippen MR) is 111 cm³/mol. The number of carbonyl (C=O) groups excluding carboxylic acids is 1. The van der Waals surface area contributed by atoms with E-state index in [0.29, 0.717) is 6.54 Å². The van der Waals surface area contributed by atoms with Crippen LogP contribution in [0.25, 0.3) is 10.2 Å².